The van der Waals surface area contributed by atoms with E-state index in [9.17, 15) is 9.90 Å². The summed E-state index contributed by atoms with van der Waals surface area (Å²) in [6.45, 7) is 10.2. The van der Waals surface area contributed by atoms with Crippen LogP contribution < -0.4 is 4.74 Å². The molecule has 1 amide bonds. The van der Waals surface area contributed by atoms with E-state index in [2.05, 4.69) is 18.7 Å². The molecule has 2 rings (SSSR count). The van der Waals surface area contributed by atoms with Crippen molar-refractivity contribution in [1.82, 2.24) is 9.80 Å². The van der Waals surface area contributed by atoms with Gasteiger partial charge in [-0.05, 0) is 44.0 Å². The first-order valence-corrected chi connectivity index (χ1v) is 9.01. The molecule has 0 aliphatic carbocycles. The van der Waals surface area contributed by atoms with Crippen LogP contribution in [0.15, 0.2) is 18.2 Å². The minimum Gasteiger partial charge on any atom is -0.493 e. The molecule has 0 unspecified atom stereocenters. The zero-order valence-corrected chi connectivity index (χ0v) is 15.5. The first kappa shape index (κ1) is 19.5. The number of rotatable bonds is 7. The number of benzene rings is 1. The second-order valence-corrected chi connectivity index (χ2v) is 6.52. The molecule has 0 saturated carbocycles. The van der Waals surface area contributed by atoms with Crippen molar-refractivity contribution in [3.8, 4) is 5.75 Å². The second kappa shape index (κ2) is 9.63. The molecule has 6 nitrogen and oxygen atoms in total. The van der Waals surface area contributed by atoms with Crippen molar-refractivity contribution in [2.45, 2.75) is 33.3 Å². The minimum absolute atomic E-state index is 0.246. The molecule has 1 N–H and O–H groups in total. The summed E-state index contributed by atoms with van der Waals surface area (Å²) in [4.78, 5) is 15.6. The zero-order chi connectivity index (χ0) is 18.2. The molecule has 0 aromatic heterocycles. The number of aliphatic hydroxyl groups is 1. The van der Waals surface area contributed by atoms with Crippen LogP contribution >= 0.6 is 0 Å². The summed E-state index contributed by atoms with van der Waals surface area (Å²) in [5, 5.41) is 10.2. The molecule has 1 heterocycles. The lowest BCUT2D eigenvalue weighted by Gasteiger charge is -2.34. The van der Waals surface area contributed by atoms with E-state index in [0.29, 0.717) is 39.3 Å². The number of hydrogen-bond donors (Lipinski definition) is 1. The van der Waals surface area contributed by atoms with Gasteiger partial charge in [0, 0.05) is 39.1 Å². The number of nitrogens with zero attached hydrogens (tertiary/aromatic N) is 2. The number of aryl methyl sites for hydroxylation is 2. The number of carbonyl (C=O) groups is 1. The second-order valence-electron chi connectivity index (χ2n) is 6.52. The van der Waals surface area contributed by atoms with Crippen molar-refractivity contribution < 1.29 is 19.4 Å². The van der Waals surface area contributed by atoms with E-state index in [0.717, 1.165) is 18.8 Å². The van der Waals surface area contributed by atoms with Gasteiger partial charge < -0.3 is 19.5 Å². The van der Waals surface area contributed by atoms with Crippen molar-refractivity contribution in [3.05, 3.63) is 29.3 Å². The van der Waals surface area contributed by atoms with E-state index < -0.39 is 6.10 Å². The SMILES string of the molecule is CCOC(=O)N1CCN(C[C@H](O)CCOc2ccc(C)c(C)c2)CC1. The van der Waals surface area contributed by atoms with Crippen LogP contribution in [0.2, 0.25) is 0 Å². The Morgan fingerprint density at radius 3 is 2.56 bits per heavy atom. The third kappa shape index (κ3) is 6.21. The molecule has 1 aromatic carbocycles. The Bertz CT molecular complexity index is 556. The van der Waals surface area contributed by atoms with Gasteiger partial charge in [0.1, 0.15) is 5.75 Å². The molecule has 1 fully saturated rings. The normalized spacial score (nSPS) is 16.6. The Morgan fingerprint density at radius 1 is 1.20 bits per heavy atom. The molecule has 1 atom stereocenters. The van der Waals surface area contributed by atoms with Gasteiger partial charge in [-0.15, -0.1) is 0 Å². The van der Waals surface area contributed by atoms with Crippen LogP contribution in [0.25, 0.3) is 0 Å². The smallest absolute Gasteiger partial charge is 0.409 e. The summed E-state index contributed by atoms with van der Waals surface area (Å²) < 4.78 is 10.7. The minimum atomic E-state index is -0.430. The molecule has 0 radical (unpaired) electrons. The van der Waals surface area contributed by atoms with Crippen LogP contribution in [0.5, 0.6) is 5.75 Å². The topological polar surface area (TPSA) is 62.2 Å². The summed E-state index contributed by atoms with van der Waals surface area (Å²) in [5.41, 5.74) is 2.45. The fourth-order valence-electron chi connectivity index (χ4n) is 2.83. The Kier molecular flexibility index (Phi) is 7.52. The summed E-state index contributed by atoms with van der Waals surface area (Å²) >= 11 is 0. The molecule has 1 aliphatic rings. The number of aliphatic hydroxyl groups excluding tert-OH is 1. The van der Waals surface area contributed by atoms with Gasteiger partial charge in [0.05, 0.1) is 19.3 Å². The van der Waals surface area contributed by atoms with Gasteiger partial charge in [0.25, 0.3) is 0 Å². The van der Waals surface area contributed by atoms with Crippen molar-refractivity contribution >= 4 is 6.09 Å². The highest BCUT2D eigenvalue weighted by Gasteiger charge is 2.23. The largest absolute Gasteiger partial charge is 0.493 e. The molecule has 1 aromatic rings. The van der Waals surface area contributed by atoms with Gasteiger partial charge in [-0.25, -0.2) is 4.79 Å². The summed E-state index contributed by atoms with van der Waals surface area (Å²) in [5.74, 6) is 0.846. The fourth-order valence-corrected chi connectivity index (χ4v) is 2.83. The molecule has 0 bridgehead atoms. The van der Waals surface area contributed by atoms with Gasteiger partial charge in [-0.3, -0.25) is 4.90 Å². The summed E-state index contributed by atoms with van der Waals surface area (Å²) in [6, 6.07) is 6.03. The number of ether oxygens (including phenoxy) is 2. The summed E-state index contributed by atoms with van der Waals surface area (Å²) in [6.07, 6.45) is -0.0875. The van der Waals surface area contributed by atoms with Crippen LogP contribution in [0, 0.1) is 13.8 Å². The van der Waals surface area contributed by atoms with Crippen LogP contribution in [0.3, 0.4) is 0 Å². The van der Waals surface area contributed by atoms with E-state index in [1.165, 1.54) is 11.1 Å². The molecular weight excluding hydrogens is 320 g/mol. The van der Waals surface area contributed by atoms with Gasteiger partial charge in [0.2, 0.25) is 0 Å². The number of hydrogen-bond acceptors (Lipinski definition) is 5. The maximum atomic E-state index is 11.7. The lowest BCUT2D eigenvalue weighted by molar-refractivity contribution is 0.0515. The third-order valence-corrected chi connectivity index (χ3v) is 4.57. The number of piperazine rings is 1. The van der Waals surface area contributed by atoms with Crippen LogP contribution in [0.4, 0.5) is 4.79 Å². The number of amides is 1. The lowest BCUT2D eigenvalue weighted by atomic mass is 10.1. The molecule has 1 saturated heterocycles. The van der Waals surface area contributed by atoms with Crippen LogP contribution in [-0.2, 0) is 4.74 Å². The Labute approximate surface area is 150 Å². The molecular formula is C19H30N2O4. The maximum Gasteiger partial charge on any atom is 0.409 e. The monoisotopic (exact) mass is 350 g/mol. The third-order valence-electron chi connectivity index (χ3n) is 4.57. The Hall–Kier alpha value is -1.79. The number of β-amino-alcohol motifs (C(OH)–C–C–N with tert-alkyl or cyclic N) is 1. The van der Waals surface area contributed by atoms with E-state index in [1.807, 2.05) is 25.1 Å². The predicted molar refractivity (Wildman–Crippen MR) is 97.1 cm³/mol. The average Bonchev–Trinajstić information content (AvgIpc) is 2.59. The zero-order valence-electron chi connectivity index (χ0n) is 15.5. The molecule has 25 heavy (non-hydrogen) atoms. The van der Waals surface area contributed by atoms with E-state index >= 15 is 0 Å². The molecule has 6 heteroatoms. The Balaban J connectivity index is 1.65. The molecule has 140 valence electrons. The highest BCUT2D eigenvalue weighted by Crippen LogP contribution is 2.16. The standard InChI is InChI=1S/C19H30N2O4/c1-4-24-19(23)21-10-8-20(9-11-21)14-17(22)7-12-25-18-6-5-15(2)16(3)13-18/h5-6,13,17,22H,4,7-12,14H2,1-3H3/t17-/m1/s1. The summed E-state index contributed by atoms with van der Waals surface area (Å²) in [7, 11) is 0. The van der Waals surface area contributed by atoms with Crippen LogP contribution in [0.1, 0.15) is 24.5 Å². The first-order valence-electron chi connectivity index (χ1n) is 9.01. The van der Waals surface area contributed by atoms with Crippen molar-refractivity contribution in [2.24, 2.45) is 0 Å². The van der Waals surface area contributed by atoms with Gasteiger partial charge in [-0.2, -0.15) is 0 Å². The fraction of sp³-hybridized carbons (Fsp3) is 0.632. The van der Waals surface area contributed by atoms with Crippen molar-refractivity contribution in [1.29, 1.82) is 0 Å². The average molecular weight is 350 g/mol. The Morgan fingerprint density at radius 2 is 1.92 bits per heavy atom. The van der Waals surface area contributed by atoms with E-state index in [1.54, 1.807) is 4.90 Å². The number of carbonyl (C=O) groups excluding carboxylic acids is 1. The molecule has 0 spiro atoms. The van der Waals surface area contributed by atoms with Gasteiger partial charge >= 0.3 is 6.09 Å². The molecule has 1 aliphatic heterocycles. The highest BCUT2D eigenvalue weighted by atomic mass is 16.6. The quantitative estimate of drug-likeness (QED) is 0.817. The predicted octanol–water partition coefficient (Wildman–Crippen LogP) is 2.21. The van der Waals surface area contributed by atoms with Crippen molar-refractivity contribution in [2.75, 3.05) is 45.9 Å². The van der Waals surface area contributed by atoms with E-state index in [-0.39, 0.29) is 6.09 Å². The van der Waals surface area contributed by atoms with Gasteiger partial charge in [0.15, 0.2) is 0 Å². The van der Waals surface area contributed by atoms with Crippen LogP contribution in [-0.4, -0.2) is 73.0 Å². The first-order chi connectivity index (χ1) is 12.0. The lowest BCUT2D eigenvalue weighted by Crippen LogP contribution is -2.50. The van der Waals surface area contributed by atoms with E-state index in [4.69, 9.17) is 9.47 Å². The maximum absolute atomic E-state index is 11.7. The van der Waals surface area contributed by atoms with Gasteiger partial charge in [-0.1, -0.05) is 6.07 Å². The van der Waals surface area contributed by atoms with Crippen molar-refractivity contribution in [3.63, 3.8) is 0 Å². The highest BCUT2D eigenvalue weighted by molar-refractivity contribution is 5.67.